The lowest BCUT2D eigenvalue weighted by molar-refractivity contribution is 1.08. The summed E-state index contributed by atoms with van der Waals surface area (Å²) in [4.78, 5) is 11.7. The molecule has 0 aliphatic carbocycles. The molecule has 0 amide bonds. The molecule has 0 bridgehead atoms. The second kappa shape index (κ2) is 6.66. The fourth-order valence-corrected chi connectivity index (χ4v) is 2.27. The summed E-state index contributed by atoms with van der Waals surface area (Å²) in [7, 11) is 0. The van der Waals surface area contributed by atoms with Crippen molar-refractivity contribution in [1.82, 2.24) is 15.3 Å². The number of thioether (sulfide) groups is 1. The molecule has 2 rings (SSSR count). The Bertz CT molecular complexity index is 579. The van der Waals surface area contributed by atoms with Crippen molar-refractivity contribution >= 4 is 28.8 Å². The number of nitrogens with two attached hydrogens (primary N) is 1. The van der Waals surface area contributed by atoms with Crippen LogP contribution in [-0.4, -0.2) is 28.2 Å². The van der Waals surface area contributed by atoms with Crippen molar-refractivity contribution < 1.29 is 0 Å². The number of para-hydroxylation sites is 2. The number of aliphatic imine (C=N–C) groups is 1. The predicted molar refractivity (Wildman–Crippen MR) is 77.5 cm³/mol. The van der Waals surface area contributed by atoms with E-state index in [4.69, 9.17) is 11.0 Å². The van der Waals surface area contributed by atoms with Gasteiger partial charge in [-0.15, -0.1) is 0 Å². The first-order valence-corrected chi connectivity index (χ1v) is 6.91. The van der Waals surface area contributed by atoms with E-state index >= 15 is 0 Å². The first-order valence-electron chi connectivity index (χ1n) is 5.76. The maximum absolute atomic E-state index is 8.32. The number of nitrogens with zero attached hydrogens (tertiary/aromatic N) is 3. The van der Waals surface area contributed by atoms with Crippen molar-refractivity contribution in [2.24, 2.45) is 10.7 Å². The van der Waals surface area contributed by atoms with Crippen LogP contribution in [0.1, 0.15) is 5.82 Å². The number of fused-ring (bicyclic) bond motifs is 1. The lowest BCUT2D eigenvalue weighted by Gasteiger charge is -1.97. The molecule has 0 radical (unpaired) electrons. The van der Waals surface area contributed by atoms with Gasteiger partial charge >= 0.3 is 0 Å². The van der Waals surface area contributed by atoms with Gasteiger partial charge in [0.25, 0.3) is 0 Å². The van der Waals surface area contributed by atoms with Crippen LogP contribution in [0.5, 0.6) is 0 Å². The Kier molecular flexibility index (Phi) is 4.64. The number of H-pyrrole nitrogens is 1. The van der Waals surface area contributed by atoms with E-state index in [1.807, 2.05) is 24.3 Å². The molecule has 0 atom stereocenters. The third-order valence-electron chi connectivity index (χ3n) is 2.38. The third-order valence-corrected chi connectivity index (χ3v) is 3.33. The molecule has 1 aromatic heterocycles. The van der Waals surface area contributed by atoms with E-state index in [-0.39, 0.29) is 5.96 Å². The average Bonchev–Trinajstić information content (AvgIpc) is 2.81. The number of rotatable bonds is 5. The lowest BCUT2D eigenvalue weighted by Crippen LogP contribution is -2.27. The zero-order chi connectivity index (χ0) is 13.5. The SMILES string of the molecule is N#CNC(N)=NCCSCc1nc2ccccc2[nH]1. The van der Waals surface area contributed by atoms with Crippen molar-refractivity contribution in [3.8, 4) is 6.19 Å². The molecule has 19 heavy (non-hydrogen) atoms. The first kappa shape index (κ1) is 13.2. The van der Waals surface area contributed by atoms with Crippen LogP contribution in [0.3, 0.4) is 0 Å². The summed E-state index contributed by atoms with van der Waals surface area (Å²) in [5, 5.41) is 10.6. The molecule has 0 aliphatic heterocycles. The van der Waals surface area contributed by atoms with Gasteiger partial charge in [0.2, 0.25) is 5.96 Å². The van der Waals surface area contributed by atoms with Crippen LogP contribution in [-0.2, 0) is 5.75 Å². The zero-order valence-corrected chi connectivity index (χ0v) is 11.1. The number of guanidine groups is 1. The van der Waals surface area contributed by atoms with E-state index in [1.165, 1.54) is 0 Å². The van der Waals surface area contributed by atoms with Crippen molar-refractivity contribution in [2.45, 2.75) is 5.75 Å². The first-order chi connectivity index (χ1) is 9.29. The molecule has 0 spiro atoms. The van der Waals surface area contributed by atoms with Crippen molar-refractivity contribution in [1.29, 1.82) is 5.26 Å². The van der Waals surface area contributed by atoms with E-state index in [0.29, 0.717) is 6.54 Å². The molecule has 0 aliphatic rings. The van der Waals surface area contributed by atoms with Crippen LogP contribution in [0.2, 0.25) is 0 Å². The number of nitrogens with one attached hydrogen (secondary N) is 2. The third kappa shape index (κ3) is 3.89. The smallest absolute Gasteiger partial charge is 0.202 e. The number of hydrogen-bond acceptors (Lipinski definition) is 4. The van der Waals surface area contributed by atoms with E-state index in [0.717, 1.165) is 28.4 Å². The Morgan fingerprint density at radius 2 is 2.37 bits per heavy atom. The quantitative estimate of drug-likeness (QED) is 0.250. The summed E-state index contributed by atoms with van der Waals surface area (Å²) >= 11 is 1.71. The summed E-state index contributed by atoms with van der Waals surface area (Å²) in [5.41, 5.74) is 7.46. The number of hydrogen-bond donors (Lipinski definition) is 3. The highest BCUT2D eigenvalue weighted by atomic mass is 32.2. The van der Waals surface area contributed by atoms with E-state index in [2.05, 4.69) is 20.3 Å². The normalized spacial score (nSPS) is 11.4. The van der Waals surface area contributed by atoms with Gasteiger partial charge in [0.05, 0.1) is 23.3 Å². The molecule has 7 heteroatoms. The molecule has 1 heterocycles. The summed E-state index contributed by atoms with van der Waals surface area (Å²) in [6.07, 6.45) is 1.72. The molecule has 6 nitrogen and oxygen atoms in total. The number of benzene rings is 1. The fraction of sp³-hybridized carbons (Fsp3) is 0.250. The minimum Gasteiger partial charge on any atom is -0.369 e. The minimum absolute atomic E-state index is 0.159. The van der Waals surface area contributed by atoms with Crippen LogP contribution >= 0.6 is 11.8 Å². The molecule has 2 aromatic rings. The Labute approximate surface area is 115 Å². The number of nitriles is 1. The van der Waals surface area contributed by atoms with Gasteiger partial charge in [0, 0.05) is 5.75 Å². The van der Waals surface area contributed by atoms with Crippen LogP contribution in [0.4, 0.5) is 0 Å². The fourth-order valence-electron chi connectivity index (χ4n) is 1.57. The number of aromatic amines is 1. The van der Waals surface area contributed by atoms with Crippen LogP contribution in [0, 0.1) is 11.5 Å². The lowest BCUT2D eigenvalue weighted by atomic mass is 10.3. The van der Waals surface area contributed by atoms with E-state index < -0.39 is 0 Å². The summed E-state index contributed by atoms with van der Waals surface area (Å²) in [6.45, 7) is 0.575. The van der Waals surface area contributed by atoms with Gasteiger partial charge in [-0.3, -0.25) is 10.3 Å². The van der Waals surface area contributed by atoms with Crippen LogP contribution in [0.25, 0.3) is 11.0 Å². The highest BCUT2D eigenvalue weighted by Crippen LogP contribution is 2.14. The van der Waals surface area contributed by atoms with Crippen molar-refractivity contribution in [2.75, 3.05) is 12.3 Å². The summed E-state index contributed by atoms with van der Waals surface area (Å²) in [5.74, 6) is 2.74. The summed E-state index contributed by atoms with van der Waals surface area (Å²) in [6, 6.07) is 7.95. The monoisotopic (exact) mass is 274 g/mol. The molecular weight excluding hydrogens is 260 g/mol. The van der Waals surface area contributed by atoms with Crippen LogP contribution in [0.15, 0.2) is 29.3 Å². The van der Waals surface area contributed by atoms with Gasteiger partial charge in [0.1, 0.15) is 5.82 Å². The molecule has 0 saturated carbocycles. The second-order valence-corrected chi connectivity index (χ2v) is 4.86. The largest absolute Gasteiger partial charge is 0.369 e. The highest BCUT2D eigenvalue weighted by Gasteiger charge is 2.01. The molecule has 0 fully saturated rings. The molecule has 0 saturated heterocycles. The Morgan fingerprint density at radius 1 is 1.53 bits per heavy atom. The van der Waals surface area contributed by atoms with E-state index in [9.17, 15) is 0 Å². The van der Waals surface area contributed by atoms with Gasteiger partial charge in [0.15, 0.2) is 6.19 Å². The number of aromatic nitrogens is 2. The Balaban J connectivity index is 1.77. The minimum atomic E-state index is 0.159. The molecule has 1 aromatic carbocycles. The maximum atomic E-state index is 8.32. The van der Waals surface area contributed by atoms with Gasteiger partial charge < -0.3 is 10.7 Å². The zero-order valence-electron chi connectivity index (χ0n) is 10.3. The molecule has 0 unspecified atom stereocenters. The average molecular weight is 274 g/mol. The van der Waals surface area contributed by atoms with Gasteiger partial charge in [-0.1, -0.05) is 12.1 Å². The Morgan fingerprint density at radius 3 is 3.16 bits per heavy atom. The number of imidazole rings is 1. The van der Waals surface area contributed by atoms with Crippen molar-refractivity contribution in [3.05, 3.63) is 30.1 Å². The van der Waals surface area contributed by atoms with Gasteiger partial charge in [-0.2, -0.15) is 17.0 Å². The molecule has 4 N–H and O–H groups in total. The standard InChI is InChI=1S/C12H14N6S/c13-8-16-12(14)15-5-6-19-7-11-17-9-3-1-2-4-10(9)18-11/h1-4H,5-7H2,(H,17,18)(H3,14,15,16). The van der Waals surface area contributed by atoms with Gasteiger partial charge in [-0.05, 0) is 12.1 Å². The van der Waals surface area contributed by atoms with Crippen LogP contribution < -0.4 is 11.1 Å². The maximum Gasteiger partial charge on any atom is 0.202 e. The van der Waals surface area contributed by atoms with Gasteiger partial charge in [-0.25, -0.2) is 4.98 Å². The van der Waals surface area contributed by atoms with Crippen molar-refractivity contribution in [3.63, 3.8) is 0 Å². The Hall–Kier alpha value is -2.20. The predicted octanol–water partition coefficient (Wildman–Crippen LogP) is 1.18. The molecule has 98 valence electrons. The highest BCUT2D eigenvalue weighted by molar-refractivity contribution is 7.98. The summed E-state index contributed by atoms with van der Waals surface area (Å²) < 4.78 is 0. The topological polar surface area (TPSA) is 103 Å². The van der Waals surface area contributed by atoms with E-state index in [1.54, 1.807) is 18.0 Å². The molecular formula is C12H14N6S. The second-order valence-electron chi connectivity index (χ2n) is 3.76.